The summed E-state index contributed by atoms with van der Waals surface area (Å²) in [5.74, 6) is 0. The standard InChI is InChI=1S/C20H17N3O2/c1-12-7-8-16-14(9-12)10-15(19(24)21-16)18-11-17(22-20(25)23-18)13-5-3-2-4-6-13/h2-10,17H,11H2,1H3,(H,21,24)(H,22,25). The maximum Gasteiger partial charge on any atom is 0.341 e. The van der Waals surface area contributed by atoms with Gasteiger partial charge in [0.25, 0.3) is 5.56 Å². The second-order valence-electron chi connectivity index (χ2n) is 6.28. The molecule has 5 heteroatoms. The largest absolute Gasteiger partial charge is 0.341 e. The van der Waals surface area contributed by atoms with Gasteiger partial charge in [-0.3, -0.25) is 4.79 Å². The van der Waals surface area contributed by atoms with E-state index < -0.39 is 6.03 Å². The number of urea groups is 1. The number of hydrogen-bond acceptors (Lipinski definition) is 2. The molecule has 2 amide bonds. The van der Waals surface area contributed by atoms with Crippen LogP contribution in [0.3, 0.4) is 0 Å². The molecule has 0 saturated heterocycles. The molecular weight excluding hydrogens is 314 g/mol. The first-order valence-corrected chi connectivity index (χ1v) is 8.17. The number of aromatic amines is 1. The van der Waals surface area contributed by atoms with Crippen molar-refractivity contribution in [2.45, 2.75) is 19.4 Å². The molecule has 2 aromatic carbocycles. The third-order valence-corrected chi connectivity index (χ3v) is 4.44. The van der Waals surface area contributed by atoms with E-state index >= 15 is 0 Å². The van der Waals surface area contributed by atoms with Crippen LogP contribution in [0, 0.1) is 6.92 Å². The molecule has 0 aliphatic carbocycles. The highest BCUT2D eigenvalue weighted by atomic mass is 16.2. The number of nitrogens with zero attached hydrogens (tertiary/aromatic N) is 1. The molecule has 1 aliphatic rings. The fourth-order valence-corrected chi connectivity index (χ4v) is 3.19. The Morgan fingerprint density at radius 2 is 1.84 bits per heavy atom. The Balaban J connectivity index is 1.78. The lowest BCUT2D eigenvalue weighted by atomic mass is 9.96. The quantitative estimate of drug-likeness (QED) is 0.754. The molecule has 1 aromatic heterocycles. The molecule has 0 spiro atoms. The first kappa shape index (κ1) is 15.3. The summed E-state index contributed by atoms with van der Waals surface area (Å²) >= 11 is 0. The maximum absolute atomic E-state index is 12.5. The Morgan fingerprint density at radius 3 is 2.64 bits per heavy atom. The van der Waals surface area contributed by atoms with E-state index in [2.05, 4.69) is 15.3 Å². The molecule has 5 nitrogen and oxygen atoms in total. The van der Waals surface area contributed by atoms with E-state index in [1.807, 2.05) is 61.5 Å². The van der Waals surface area contributed by atoms with Crippen LogP contribution in [0.5, 0.6) is 0 Å². The zero-order valence-corrected chi connectivity index (χ0v) is 13.7. The highest BCUT2D eigenvalue weighted by Crippen LogP contribution is 2.23. The van der Waals surface area contributed by atoms with E-state index in [-0.39, 0.29) is 11.6 Å². The number of pyridine rings is 1. The van der Waals surface area contributed by atoms with Gasteiger partial charge in [0, 0.05) is 11.9 Å². The van der Waals surface area contributed by atoms with Crippen molar-refractivity contribution in [2.75, 3.05) is 0 Å². The molecule has 0 radical (unpaired) electrons. The number of fused-ring (bicyclic) bond motifs is 1. The Hall–Kier alpha value is -3.21. The van der Waals surface area contributed by atoms with E-state index in [1.165, 1.54) is 0 Å². The number of carbonyl (C=O) groups excluding carboxylic acids is 1. The lowest BCUT2D eigenvalue weighted by molar-refractivity contribution is 0.244. The number of aromatic nitrogens is 1. The van der Waals surface area contributed by atoms with Gasteiger partial charge in [-0.1, -0.05) is 42.0 Å². The Kier molecular flexibility index (Phi) is 3.69. The van der Waals surface area contributed by atoms with E-state index in [4.69, 9.17) is 0 Å². The SMILES string of the molecule is Cc1ccc2[nH]c(=O)c(C3=NC(=O)NC(c4ccccc4)C3)cc2c1. The predicted molar refractivity (Wildman–Crippen MR) is 98.2 cm³/mol. The molecule has 25 heavy (non-hydrogen) atoms. The van der Waals surface area contributed by atoms with Crippen LogP contribution < -0.4 is 10.9 Å². The highest BCUT2D eigenvalue weighted by Gasteiger charge is 2.24. The van der Waals surface area contributed by atoms with Gasteiger partial charge in [0.1, 0.15) is 0 Å². The number of carbonyl (C=O) groups is 1. The van der Waals surface area contributed by atoms with Gasteiger partial charge < -0.3 is 10.3 Å². The van der Waals surface area contributed by atoms with Crippen LogP contribution in [0.4, 0.5) is 4.79 Å². The van der Waals surface area contributed by atoms with Gasteiger partial charge in [-0.2, -0.15) is 4.99 Å². The zero-order valence-electron chi connectivity index (χ0n) is 13.7. The number of amides is 2. The first-order chi connectivity index (χ1) is 12.1. The molecule has 0 saturated carbocycles. The molecule has 1 atom stereocenters. The molecular formula is C20H17N3O2. The minimum absolute atomic E-state index is 0.186. The Labute approximate surface area is 144 Å². The first-order valence-electron chi connectivity index (χ1n) is 8.17. The lowest BCUT2D eigenvalue weighted by Gasteiger charge is -2.23. The van der Waals surface area contributed by atoms with Crippen LogP contribution >= 0.6 is 0 Å². The molecule has 0 fully saturated rings. The van der Waals surface area contributed by atoms with E-state index in [0.717, 1.165) is 22.0 Å². The number of aliphatic imine (C=N–C) groups is 1. The van der Waals surface area contributed by atoms with Crippen LogP contribution in [0.15, 0.2) is 64.4 Å². The third-order valence-electron chi connectivity index (χ3n) is 4.44. The van der Waals surface area contributed by atoms with E-state index in [1.54, 1.807) is 0 Å². The monoisotopic (exact) mass is 331 g/mol. The summed E-state index contributed by atoms with van der Waals surface area (Å²) in [5, 5.41) is 3.79. The number of benzene rings is 2. The van der Waals surface area contributed by atoms with Gasteiger partial charge in [0.2, 0.25) is 0 Å². The maximum atomic E-state index is 12.5. The van der Waals surface area contributed by atoms with Gasteiger partial charge in [-0.15, -0.1) is 0 Å². The Bertz CT molecular complexity index is 1050. The molecule has 2 N–H and O–H groups in total. The van der Waals surface area contributed by atoms with Crippen molar-refractivity contribution in [2.24, 2.45) is 4.99 Å². The van der Waals surface area contributed by atoms with Gasteiger partial charge in [-0.25, -0.2) is 4.79 Å². The smallest absolute Gasteiger partial charge is 0.329 e. The van der Waals surface area contributed by atoms with Crippen molar-refractivity contribution in [3.63, 3.8) is 0 Å². The molecule has 3 aromatic rings. The molecule has 2 heterocycles. The minimum atomic E-state index is -0.418. The van der Waals surface area contributed by atoms with Crippen LogP contribution in [0.25, 0.3) is 10.9 Å². The van der Waals surface area contributed by atoms with Crippen LogP contribution in [0.2, 0.25) is 0 Å². The topological polar surface area (TPSA) is 74.3 Å². The van der Waals surface area contributed by atoms with Crippen molar-refractivity contribution in [3.8, 4) is 0 Å². The van der Waals surface area contributed by atoms with Crippen molar-refractivity contribution in [1.29, 1.82) is 0 Å². The number of hydrogen-bond donors (Lipinski definition) is 2. The van der Waals surface area contributed by atoms with Crippen molar-refractivity contribution in [1.82, 2.24) is 10.3 Å². The zero-order chi connectivity index (χ0) is 17.4. The normalized spacial score (nSPS) is 17.2. The molecule has 4 rings (SSSR count). The molecule has 124 valence electrons. The van der Waals surface area contributed by atoms with Gasteiger partial charge in [-0.05, 0) is 36.1 Å². The van der Waals surface area contributed by atoms with Crippen LogP contribution in [0.1, 0.15) is 29.2 Å². The summed E-state index contributed by atoms with van der Waals surface area (Å²) in [7, 11) is 0. The third kappa shape index (κ3) is 2.96. The van der Waals surface area contributed by atoms with Crippen LogP contribution in [-0.4, -0.2) is 16.7 Å². The summed E-state index contributed by atoms with van der Waals surface area (Å²) in [4.78, 5) is 31.5. The van der Waals surface area contributed by atoms with E-state index in [9.17, 15) is 9.59 Å². The second kappa shape index (κ2) is 6.02. The van der Waals surface area contributed by atoms with Crippen molar-refractivity contribution >= 4 is 22.6 Å². The summed E-state index contributed by atoms with van der Waals surface area (Å²) < 4.78 is 0. The highest BCUT2D eigenvalue weighted by molar-refractivity contribution is 6.09. The fraction of sp³-hybridized carbons (Fsp3) is 0.150. The summed E-state index contributed by atoms with van der Waals surface area (Å²) in [5.41, 5.74) is 3.62. The summed E-state index contributed by atoms with van der Waals surface area (Å²) in [6.07, 6.45) is 0.482. The van der Waals surface area contributed by atoms with Gasteiger partial charge in [0.15, 0.2) is 0 Å². The molecule has 1 unspecified atom stereocenters. The van der Waals surface area contributed by atoms with Crippen molar-refractivity contribution < 1.29 is 4.79 Å². The lowest BCUT2D eigenvalue weighted by Crippen LogP contribution is -2.35. The number of nitrogens with one attached hydrogen (secondary N) is 2. The molecule has 1 aliphatic heterocycles. The van der Waals surface area contributed by atoms with Gasteiger partial charge in [0.05, 0.1) is 17.3 Å². The van der Waals surface area contributed by atoms with E-state index in [0.29, 0.717) is 17.7 Å². The van der Waals surface area contributed by atoms with Gasteiger partial charge >= 0.3 is 6.03 Å². The summed E-state index contributed by atoms with van der Waals surface area (Å²) in [6, 6.07) is 16.8. The number of H-pyrrole nitrogens is 1. The van der Waals surface area contributed by atoms with Crippen molar-refractivity contribution in [3.05, 3.63) is 81.6 Å². The number of aryl methyl sites for hydroxylation is 1. The summed E-state index contributed by atoms with van der Waals surface area (Å²) in [6.45, 7) is 2.00. The average Bonchev–Trinajstić information content (AvgIpc) is 2.62. The second-order valence-corrected chi connectivity index (χ2v) is 6.28. The fourth-order valence-electron chi connectivity index (χ4n) is 3.19. The Morgan fingerprint density at radius 1 is 1.04 bits per heavy atom. The minimum Gasteiger partial charge on any atom is -0.329 e. The average molecular weight is 331 g/mol. The van der Waals surface area contributed by atoms with Crippen LogP contribution in [-0.2, 0) is 0 Å². The number of rotatable bonds is 2. The predicted octanol–water partition coefficient (Wildman–Crippen LogP) is 3.48. The molecule has 0 bridgehead atoms.